The summed E-state index contributed by atoms with van der Waals surface area (Å²) in [5.74, 6) is -0.0387. The number of H-pyrrole nitrogens is 1. The largest absolute Gasteiger partial charge is 0.368 e. The molecule has 12 nitrogen and oxygen atoms in total. The summed E-state index contributed by atoms with van der Waals surface area (Å²) in [7, 11) is 0. The maximum absolute atomic E-state index is 11.9. The maximum atomic E-state index is 11.9. The van der Waals surface area contributed by atoms with E-state index in [0.717, 1.165) is 28.0 Å². The van der Waals surface area contributed by atoms with Crippen LogP contribution >= 0.6 is 0 Å². The van der Waals surface area contributed by atoms with Crippen LogP contribution in [0.5, 0.6) is 0 Å². The van der Waals surface area contributed by atoms with Gasteiger partial charge in [-0.25, -0.2) is 9.78 Å². The minimum Gasteiger partial charge on any atom is -0.368 e. The molecule has 0 bridgehead atoms. The van der Waals surface area contributed by atoms with Crippen LogP contribution in [0.4, 0.5) is 33.6 Å². The van der Waals surface area contributed by atoms with E-state index < -0.39 is 5.91 Å². The number of hydrogen-bond acceptors (Lipinski definition) is 8. The number of aromatic amines is 1. The topological polar surface area (TPSA) is 171 Å². The molecule has 3 heterocycles. The first kappa shape index (κ1) is 21.9. The molecule has 5 rings (SSSR count). The van der Waals surface area contributed by atoms with Crippen molar-refractivity contribution in [2.45, 2.75) is 0 Å². The number of rotatable bonds is 6. The van der Waals surface area contributed by atoms with Crippen LogP contribution in [0, 0.1) is 0 Å². The summed E-state index contributed by atoms with van der Waals surface area (Å²) in [4.78, 5) is 35.8. The minimum atomic E-state index is -0.637. The number of aromatic nitrogens is 4. The number of anilines is 5. The number of nitrogens with zero attached hydrogens (tertiary/aromatic N) is 5. The zero-order valence-corrected chi connectivity index (χ0v) is 18.7. The van der Waals surface area contributed by atoms with Crippen molar-refractivity contribution >= 4 is 51.7 Å². The van der Waals surface area contributed by atoms with Gasteiger partial charge < -0.3 is 31.9 Å². The Morgan fingerprint density at radius 3 is 2.37 bits per heavy atom. The molecule has 4 aromatic rings. The first-order valence-corrected chi connectivity index (χ1v) is 11.0. The van der Waals surface area contributed by atoms with Gasteiger partial charge in [0.25, 0.3) is 5.91 Å². The molecular formula is C23H24N10O2. The smallest absolute Gasteiger partial charge is 0.314 e. The summed E-state index contributed by atoms with van der Waals surface area (Å²) >= 11 is 0. The maximum Gasteiger partial charge on any atom is 0.314 e. The Balaban J connectivity index is 1.31. The number of hydrogen-bond donors (Lipinski definition) is 5. The Hall–Kier alpha value is -4.87. The quantitative estimate of drug-likeness (QED) is 0.284. The van der Waals surface area contributed by atoms with Gasteiger partial charge in [-0.05, 0) is 42.5 Å². The lowest BCUT2D eigenvalue weighted by Crippen LogP contribution is -2.50. The van der Waals surface area contributed by atoms with Crippen molar-refractivity contribution in [1.82, 2.24) is 25.1 Å². The molecule has 7 N–H and O–H groups in total. The Bertz CT molecular complexity index is 1380. The lowest BCUT2D eigenvalue weighted by atomic mass is 10.2. The highest BCUT2D eigenvalue weighted by Crippen LogP contribution is 2.25. The molecule has 0 atom stereocenters. The van der Waals surface area contributed by atoms with Crippen LogP contribution in [0.1, 0.15) is 10.4 Å². The molecule has 2 aromatic carbocycles. The number of urea groups is 1. The van der Waals surface area contributed by atoms with Gasteiger partial charge in [0.05, 0.1) is 11.7 Å². The number of primary amides is 2. The Morgan fingerprint density at radius 1 is 0.914 bits per heavy atom. The number of carbonyl (C=O) groups excluding carboxylic acids is 2. The van der Waals surface area contributed by atoms with Crippen molar-refractivity contribution in [3.05, 3.63) is 60.4 Å². The lowest BCUT2D eigenvalue weighted by molar-refractivity contribution is 0.100. The molecule has 0 aliphatic carbocycles. The van der Waals surface area contributed by atoms with Gasteiger partial charge in [0.2, 0.25) is 5.95 Å². The predicted octanol–water partition coefficient (Wildman–Crippen LogP) is 2.14. The molecule has 0 spiro atoms. The fourth-order valence-corrected chi connectivity index (χ4v) is 3.94. The monoisotopic (exact) mass is 472 g/mol. The van der Waals surface area contributed by atoms with Gasteiger partial charge in [-0.3, -0.25) is 9.89 Å². The van der Waals surface area contributed by atoms with Crippen LogP contribution in [-0.2, 0) is 0 Å². The number of piperazine rings is 1. The molecule has 1 saturated heterocycles. The molecule has 2 aromatic heterocycles. The summed E-state index contributed by atoms with van der Waals surface area (Å²) in [6.45, 7) is 2.62. The van der Waals surface area contributed by atoms with Gasteiger partial charge in [0.1, 0.15) is 11.4 Å². The first-order valence-electron chi connectivity index (χ1n) is 11.0. The molecule has 0 radical (unpaired) electrons. The third-order valence-corrected chi connectivity index (χ3v) is 5.84. The molecule has 3 amide bonds. The molecule has 178 valence electrons. The molecule has 1 aliphatic heterocycles. The summed E-state index contributed by atoms with van der Waals surface area (Å²) in [6, 6.07) is 13.0. The van der Waals surface area contributed by atoms with Crippen LogP contribution < -0.4 is 27.0 Å². The fraction of sp³-hybridized carbons (Fsp3) is 0.174. The summed E-state index contributed by atoms with van der Waals surface area (Å²) in [6.07, 6.45) is 3.12. The predicted molar refractivity (Wildman–Crippen MR) is 133 cm³/mol. The second-order valence-corrected chi connectivity index (χ2v) is 8.10. The zero-order valence-electron chi connectivity index (χ0n) is 18.7. The van der Waals surface area contributed by atoms with Crippen molar-refractivity contribution in [2.75, 3.05) is 41.7 Å². The molecule has 35 heavy (non-hydrogen) atoms. The molecule has 1 fully saturated rings. The van der Waals surface area contributed by atoms with Gasteiger partial charge in [-0.1, -0.05) is 0 Å². The van der Waals surface area contributed by atoms with Crippen molar-refractivity contribution in [2.24, 2.45) is 11.5 Å². The number of fused-ring (bicyclic) bond motifs is 1. The SMILES string of the molecule is NC(=O)c1cnc(Nc2ccc(N3CCN(C(N)=O)CC3)cc2)nc1Nc1ccc2cn[nH]c2c1. The van der Waals surface area contributed by atoms with Crippen molar-refractivity contribution < 1.29 is 9.59 Å². The number of amides is 3. The highest BCUT2D eigenvalue weighted by Gasteiger charge is 2.19. The number of carbonyl (C=O) groups is 2. The van der Waals surface area contributed by atoms with E-state index in [0.29, 0.717) is 32.1 Å². The van der Waals surface area contributed by atoms with Gasteiger partial charge in [-0.15, -0.1) is 0 Å². The van der Waals surface area contributed by atoms with Crippen LogP contribution in [0.25, 0.3) is 10.9 Å². The van der Waals surface area contributed by atoms with E-state index in [1.54, 1.807) is 11.1 Å². The fourth-order valence-electron chi connectivity index (χ4n) is 3.94. The van der Waals surface area contributed by atoms with Gasteiger partial charge in [0.15, 0.2) is 0 Å². The number of nitrogens with two attached hydrogens (primary N) is 2. The van der Waals surface area contributed by atoms with E-state index in [9.17, 15) is 9.59 Å². The lowest BCUT2D eigenvalue weighted by Gasteiger charge is -2.35. The van der Waals surface area contributed by atoms with E-state index in [1.165, 1.54) is 6.20 Å². The highest BCUT2D eigenvalue weighted by molar-refractivity contribution is 5.98. The average Bonchev–Trinajstić information content (AvgIpc) is 3.33. The van der Waals surface area contributed by atoms with E-state index in [4.69, 9.17) is 11.5 Å². The second kappa shape index (κ2) is 9.17. The van der Waals surface area contributed by atoms with Crippen LogP contribution in [-0.4, -0.2) is 63.2 Å². The van der Waals surface area contributed by atoms with Crippen LogP contribution in [0.2, 0.25) is 0 Å². The van der Waals surface area contributed by atoms with Crippen LogP contribution in [0.15, 0.2) is 54.9 Å². The van der Waals surface area contributed by atoms with Gasteiger partial charge in [0, 0.05) is 54.8 Å². The Kier molecular flexibility index (Phi) is 5.75. The standard InChI is InChI=1S/C23H24N10O2/c24-20(34)18-13-26-23(30-21(18)28-16-2-1-14-12-27-31-19(14)11-16)29-15-3-5-17(6-4-15)32-7-9-33(10-8-32)22(25)35/h1-6,11-13H,7-10H2,(H2,24,34)(H2,25,35)(H,27,31)(H2,26,28,29,30). The van der Waals surface area contributed by atoms with E-state index in [-0.39, 0.29) is 17.4 Å². The minimum absolute atomic E-state index is 0.172. The molecule has 1 aliphatic rings. The molecule has 0 unspecified atom stereocenters. The second-order valence-electron chi connectivity index (χ2n) is 8.10. The normalized spacial score (nSPS) is 13.6. The van der Waals surface area contributed by atoms with Crippen molar-refractivity contribution in [1.29, 1.82) is 0 Å². The average molecular weight is 473 g/mol. The molecular weight excluding hydrogens is 448 g/mol. The molecule has 12 heteroatoms. The van der Waals surface area contributed by atoms with E-state index in [2.05, 4.69) is 35.7 Å². The zero-order chi connectivity index (χ0) is 24.4. The third kappa shape index (κ3) is 4.76. The summed E-state index contributed by atoms with van der Waals surface area (Å²) in [5, 5.41) is 14.2. The van der Waals surface area contributed by atoms with E-state index >= 15 is 0 Å². The van der Waals surface area contributed by atoms with Crippen molar-refractivity contribution in [3.63, 3.8) is 0 Å². The number of nitrogens with one attached hydrogen (secondary N) is 3. The molecule has 0 saturated carbocycles. The van der Waals surface area contributed by atoms with E-state index in [1.807, 2.05) is 42.5 Å². The Morgan fingerprint density at radius 2 is 1.66 bits per heavy atom. The van der Waals surface area contributed by atoms with Gasteiger partial charge in [-0.2, -0.15) is 10.1 Å². The third-order valence-electron chi connectivity index (χ3n) is 5.84. The van der Waals surface area contributed by atoms with Crippen molar-refractivity contribution in [3.8, 4) is 0 Å². The van der Waals surface area contributed by atoms with Gasteiger partial charge >= 0.3 is 6.03 Å². The van der Waals surface area contributed by atoms with Crippen LogP contribution in [0.3, 0.4) is 0 Å². The summed E-state index contributed by atoms with van der Waals surface area (Å²) < 4.78 is 0. The first-order chi connectivity index (χ1) is 17.0. The highest BCUT2D eigenvalue weighted by atomic mass is 16.2. The Labute approximate surface area is 200 Å². The summed E-state index contributed by atoms with van der Waals surface area (Å²) in [5.41, 5.74) is 14.4. The number of benzene rings is 2.